The van der Waals surface area contributed by atoms with Gasteiger partial charge in [-0.3, -0.25) is 0 Å². The van der Waals surface area contributed by atoms with Crippen LogP contribution in [0.5, 0.6) is 5.75 Å². The summed E-state index contributed by atoms with van der Waals surface area (Å²) >= 11 is 0. The van der Waals surface area contributed by atoms with E-state index in [4.69, 9.17) is 4.74 Å². The van der Waals surface area contributed by atoms with Gasteiger partial charge in [0.15, 0.2) is 0 Å². The highest BCUT2D eigenvalue weighted by Crippen LogP contribution is 2.43. The van der Waals surface area contributed by atoms with E-state index in [-0.39, 0.29) is 6.10 Å². The minimum absolute atomic E-state index is 0.194. The summed E-state index contributed by atoms with van der Waals surface area (Å²) in [6.07, 6.45) is 7.06. The highest BCUT2D eigenvalue weighted by molar-refractivity contribution is 5.50. The Balaban J connectivity index is 1.94. The maximum atomic E-state index is 6.15. The van der Waals surface area contributed by atoms with Crippen LogP contribution in [-0.4, -0.2) is 6.10 Å². The third-order valence-corrected chi connectivity index (χ3v) is 4.20. The Morgan fingerprint density at radius 2 is 1.84 bits per heavy atom. The maximum Gasteiger partial charge on any atom is 0.128 e. The van der Waals surface area contributed by atoms with E-state index in [2.05, 4.69) is 64.1 Å². The fourth-order valence-corrected chi connectivity index (χ4v) is 2.88. The molecule has 100 valence electrons. The Morgan fingerprint density at radius 1 is 1.05 bits per heavy atom. The summed E-state index contributed by atoms with van der Waals surface area (Å²) in [5.41, 5.74) is 4.08. The Labute approximate surface area is 116 Å². The highest BCUT2D eigenvalue weighted by Gasteiger charge is 2.33. The monoisotopic (exact) mass is 254 g/mol. The first-order chi connectivity index (χ1) is 9.06. The molecule has 1 aliphatic heterocycles. The molecule has 1 heterocycles. The number of ether oxygens (including phenoxy) is 1. The van der Waals surface area contributed by atoms with Crippen LogP contribution in [0.25, 0.3) is 0 Å². The topological polar surface area (TPSA) is 9.23 Å². The molecule has 3 rings (SSSR count). The fourth-order valence-electron chi connectivity index (χ4n) is 2.88. The minimum Gasteiger partial charge on any atom is -0.485 e. The third-order valence-electron chi connectivity index (χ3n) is 4.20. The van der Waals surface area contributed by atoms with Crippen LogP contribution in [0, 0.1) is 5.92 Å². The van der Waals surface area contributed by atoms with Crippen molar-refractivity contribution in [2.75, 3.05) is 0 Å². The highest BCUT2D eigenvalue weighted by atomic mass is 16.5. The van der Waals surface area contributed by atoms with Crippen molar-refractivity contribution >= 4 is 0 Å². The first-order valence-electron chi connectivity index (χ1n) is 7.26. The first-order valence-corrected chi connectivity index (χ1v) is 7.26. The van der Waals surface area contributed by atoms with Gasteiger partial charge in [0.2, 0.25) is 0 Å². The van der Waals surface area contributed by atoms with E-state index >= 15 is 0 Å². The van der Waals surface area contributed by atoms with Crippen LogP contribution >= 0.6 is 0 Å². The average molecular weight is 254 g/mol. The van der Waals surface area contributed by atoms with Crippen LogP contribution in [0.4, 0.5) is 0 Å². The molecule has 0 radical (unpaired) electrons. The molecule has 0 bridgehead atoms. The second kappa shape index (κ2) is 4.56. The lowest BCUT2D eigenvalue weighted by atomic mass is 9.86. The van der Waals surface area contributed by atoms with Gasteiger partial charge in [-0.05, 0) is 35.1 Å². The Bertz CT molecular complexity index is 549. The van der Waals surface area contributed by atoms with Gasteiger partial charge in [-0.1, -0.05) is 52.0 Å². The summed E-state index contributed by atoms with van der Waals surface area (Å²) in [5.74, 6) is 2.59. The molecular formula is C18H22O. The standard InChI is InChI=1S/C18H22O/c1-11(2)13-5-7-15-16-8-6-14(12(3)4)10-18(16)19-17(15)9-13/h5-12,15,17H,1-4H3. The van der Waals surface area contributed by atoms with Crippen LogP contribution in [0.15, 0.2) is 42.0 Å². The number of benzene rings is 1. The lowest BCUT2D eigenvalue weighted by Gasteiger charge is -2.20. The summed E-state index contributed by atoms with van der Waals surface area (Å²) < 4.78 is 6.15. The molecule has 0 amide bonds. The van der Waals surface area contributed by atoms with Gasteiger partial charge < -0.3 is 4.74 Å². The van der Waals surface area contributed by atoms with Crippen molar-refractivity contribution in [3.63, 3.8) is 0 Å². The number of allylic oxidation sites excluding steroid dienone is 2. The quantitative estimate of drug-likeness (QED) is 0.736. The van der Waals surface area contributed by atoms with Crippen molar-refractivity contribution in [1.82, 2.24) is 0 Å². The molecule has 1 nitrogen and oxygen atoms in total. The van der Waals surface area contributed by atoms with Gasteiger partial charge in [-0.2, -0.15) is 0 Å². The van der Waals surface area contributed by atoms with E-state index in [1.807, 2.05) is 0 Å². The van der Waals surface area contributed by atoms with Crippen molar-refractivity contribution in [3.05, 3.63) is 53.1 Å². The van der Waals surface area contributed by atoms with E-state index < -0.39 is 0 Å². The third kappa shape index (κ3) is 2.11. The van der Waals surface area contributed by atoms with E-state index in [0.717, 1.165) is 5.75 Å². The lowest BCUT2D eigenvalue weighted by Crippen LogP contribution is -2.18. The molecule has 2 aliphatic rings. The van der Waals surface area contributed by atoms with E-state index in [9.17, 15) is 0 Å². The number of fused-ring (bicyclic) bond motifs is 3. The predicted molar refractivity (Wildman–Crippen MR) is 79.7 cm³/mol. The van der Waals surface area contributed by atoms with Crippen molar-refractivity contribution < 1.29 is 4.74 Å². The van der Waals surface area contributed by atoms with Crippen molar-refractivity contribution in [3.8, 4) is 5.75 Å². The van der Waals surface area contributed by atoms with Crippen molar-refractivity contribution in [2.45, 2.75) is 45.6 Å². The van der Waals surface area contributed by atoms with Crippen LogP contribution in [0.2, 0.25) is 0 Å². The zero-order valence-electron chi connectivity index (χ0n) is 12.2. The summed E-state index contributed by atoms with van der Waals surface area (Å²) in [7, 11) is 0. The van der Waals surface area contributed by atoms with Gasteiger partial charge in [0.1, 0.15) is 11.9 Å². The second-order valence-electron chi connectivity index (χ2n) is 6.24. The zero-order chi connectivity index (χ0) is 13.6. The maximum absolute atomic E-state index is 6.15. The number of hydrogen-bond donors (Lipinski definition) is 0. The molecule has 2 atom stereocenters. The van der Waals surface area contributed by atoms with Crippen LogP contribution < -0.4 is 4.74 Å². The molecule has 1 aliphatic carbocycles. The number of rotatable bonds is 2. The largest absolute Gasteiger partial charge is 0.485 e. The molecular weight excluding hydrogens is 232 g/mol. The van der Waals surface area contributed by atoms with E-state index in [1.165, 1.54) is 16.7 Å². The molecule has 1 aromatic rings. The Kier molecular flexibility index (Phi) is 3.00. The Hall–Kier alpha value is -1.50. The predicted octanol–water partition coefficient (Wildman–Crippen LogP) is 4.81. The summed E-state index contributed by atoms with van der Waals surface area (Å²) in [6, 6.07) is 6.70. The van der Waals surface area contributed by atoms with Gasteiger partial charge in [0.25, 0.3) is 0 Å². The molecule has 0 aromatic heterocycles. The molecule has 2 unspecified atom stereocenters. The molecule has 0 fully saturated rings. The molecule has 19 heavy (non-hydrogen) atoms. The molecule has 0 N–H and O–H groups in total. The zero-order valence-corrected chi connectivity index (χ0v) is 12.2. The molecule has 1 heteroatoms. The summed E-state index contributed by atoms with van der Waals surface area (Å²) in [4.78, 5) is 0. The van der Waals surface area contributed by atoms with E-state index in [0.29, 0.717) is 17.8 Å². The first kappa shape index (κ1) is 12.5. The SMILES string of the molecule is CC(C)C1=CC2Oc3cc(C(C)C)ccc3C2C=C1. The summed E-state index contributed by atoms with van der Waals surface area (Å²) in [6.45, 7) is 8.91. The molecule has 0 saturated heterocycles. The van der Waals surface area contributed by atoms with Crippen molar-refractivity contribution in [1.29, 1.82) is 0 Å². The van der Waals surface area contributed by atoms with Gasteiger partial charge in [-0.15, -0.1) is 0 Å². The lowest BCUT2D eigenvalue weighted by molar-refractivity contribution is 0.266. The van der Waals surface area contributed by atoms with Gasteiger partial charge in [-0.25, -0.2) is 0 Å². The second-order valence-corrected chi connectivity index (χ2v) is 6.24. The fraction of sp³-hybridized carbons (Fsp3) is 0.444. The smallest absolute Gasteiger partial charge is 0.128 e. The van der Waals surface area contributed by atoms with Crippen LogP contribution in [-0.2, 0) is 0 Å². The van der Waals surface area contributed by atoms with Gasteiger partial charge in [0.05, 0.1) is 0 Å². The molecule has 1 aromatic carbocycles. The van der Waals surface area contributed by atoms with Crippen LogP contribution in [0.3, 0.4) is 0 Å². The molecule has 0 saturated carbocycles. The molecule has 0 spiro atoms. The van der Waals surface area contributed by atoms with Crippen LogP contribution in [0.1, 0.15) is 50.7 Å². The van der Waals surface area contributed by atoms with E-state index in [1.54, 1.807) is 0 Å². The van der Waals surface area contributed by atoms with Gasteiger partial charge >= 0.3 is 0 Å². The summed E-state index contributed by atoms with van der Waals surface area (Å²) in [5, 5.41) is 0. The Morgan fingerprint density at radius 3 is 2.53 bits per heavy atom. The minimum atomic E-state index is 0.194. The number of hydrogen-bond acceptors (Lipinski definition) is 1. The normalized spacial score (nSPS) is 24.2. The average Bonchev–Trinajstić information content (AvgIpc) is 2.74. The van der Waals surface area contributed by atoms with Gasteiger partial charge in [0, 0.05) is 11.5 Å². The van der Waals surface area contributed by atoms with Crippen molar-refractivity contribution in [2.24, 2.45) is 5.92 Å².